The predicted octanol–water partition coefficient (Wildman–Crippen LogP) is 2.40. The molecule has 1 unspecified atom stereocenters. The Morgan fingerprint density at radius 3 is 2.57 bits per heavy atom. The molecule has 0 saturated heterocycles. The Morgan fingerprint density at radius 1 is 1.50 bits per heavy atom. The van der Waals surface area contributed by atoms with E-state index in [2.05, 4.69) is 21.2 Å². The number of nitrogens with one attached hydrogen (secondary N) is 1. The number of hydrogen-bond acceptors (Lipinski definition) is 1. The van der Waals surface area contributed by atoms with Gasteiger partial charge in [-0.25, -0.2) is 4.39 Å². The Kier molecular flexibility index (Phi) is 4.07. The number of rotatable bonds is 3. The van der Waals surface area contributed by atoms with Crippen molar-refractivity contribution >= 4 is 21.8 Å². The van der Waals surface area contributed by atoms with Crippen LogP contribution in [0.1, 0.15) is 18.5 Å². The van der Waals surface area contributed by atoms with E-state index >= 15 is 0 Å². The molecule has 0 spiro atoms. The maximum absolute atomic E-state index is 12.6. The van der Waals surface area contributed by atoms with Gasteiger partial charge in [0.2, 0.25) is 5.91 Å². The molecule has 0 saturated carbocycles. The first-order chi connectivity index (χ1) is 6.63. The molecule has 14 heavy (non-hydrogen) atoms. The van der Waals surface area contributed by atoms with E-state index in [4.69, 9.17) is 0 Å². The van der Waals surface area contributed by atoms with Gasteiger partial charge in [0.15, 0.2) is 0 Å². The summed E-state index contributed by atoms with van der Waals surface area (Å²) >= 11 is 3.06. The number of carbonyl (C=O) groups excluding carboxylic acids is 1. The highest BCUT2D eigenvalue weighted by Gasteiger charge is 2.07. The van der Waals surface area contributed by atoms with Crippen LogP contribution in [-0.2, 0) is 4.79 Å². The number of alkyl halides is 1. The summed E-state index contributed by atoms with van der Waals surface area (Å²) in [5, 5.41) is 3.03. The molecule has 1 atom stereocenters. The van der Waals surface area contributed by atoms with Gasteiger partial charge in [0, 0.05) is 0 Å². The molecule has 0 aliphatic heterocycles. The lowest BCUT2D eigenvalue weighted by molar-refractivity contribution is -0.119. The van der Waals surface area contributed by atoms with Crippen molar-refractivity contribution in [1.82, 2.24) is 5.32 Å². The number of hydrogen-bond donors (Lipinski definition) is 1. The summed E-state index contributed by atoms with van der Waals surface area (Å²) in [5.74, 6) is -0.352. The van der Waals surface area contributed by atoms with Gasteiger partial charge in [-0.05, 0) is 24.6 Å². The van der Waals surface area contributed by atoms with Gasteiger partial charge in [-0.1, -0.05) is 28.1 Å². The van der Waals surface area contributed by atoms with Crippen LogP contribution >= 0.6 is 15.9 Å². The molecular weight excluding hydrogens is 249 g/mol. The summed E-state index contributed by atoms with van der Waals surface area (Å²) in [5.41, 5.74) is 0.890. The van der Waals surface area contributed by atoms with Crippen LogP contribution in [0.4, 0.5) is 4.39 Å². The zero-order chi connectivity index (χ0) is 10.6. The summed E-state index contributed by atoms with van der Waals surface area (Å²) < 4.78 is 12.6. The predicted molar refractivity (Wildman–Crippen MR) is 56.8 cm³/mol. The fraction of sp³-hybridized carbons (Fsp3) is 0.300. The van der Waals surface area contributed by atoms with Crippen molar-refractivity contribution < 1.29 is 9.18 Å². The lowest BCUT2D eigenvalue weighted by atomic mass is 10.1. The monoisotopic (exact) mass is 259 g/mol. The topological polar surface area (TPSA) is 29.1 Å². The molecular formula is C10H11BrFNO. The lowest BCUT2D eigenvalue weighted by Gasteiger charge is -2.12. The van der Waals surface area contributed by atoms with Crippen molar-refractivity contribution in [2.45, 2.75) is 13.0 Å². The Morgan fingerprint density at radius 2 is 2.07 bits per heavy atom. The van der Waals surface area contributed by atoms with E-state index in [-0.39, 0.29) is 23.1 Å². The number of carbonyl (C=O) groups is 1. The van der Waals surface area contributed by atoms with Crippen LogP contribution in [0.15, 0.2) is 24.3 Å². The van der Waals surface area contributed by atoms with Crippen LogP contribution in [0.3, 0.4) is 0 Å². The first-order valence-electron chi connectivity index (χ1n) is 4.24. The Labute approximate surface area is 90.6 Å². The number of benzene rings is 1. The normalized spacial score (nSPS) is 12.2. The van der Waals surface area contributed by atoms with Crippen LogP contribution in [0, 0.1) is 5.82 Å². The molecule has 0 fully saturated rings. The number of amides is 1. The minimum absolute atomic E-state index is 0.0816. The quantitative estimate of drug-likeness (QED) is 0.831. The molecule has 0 aromatic heterocycles. The molecule has 0 aliphatic rings. The Balaban J connectivity index is 2.65. The SMILES string of the molecule is CC(NC(=O)CBr)c1ccc(F)cc1. The van der Waals surface area contributed by atoms with E-state index in [0.29, 0.717) is 0 Å². The second kappa shape index (κ2) is 5.10. The fourth-order valence-electron chi connectivity index (χ4n) is 1.11. The molecule has 1 aromatic rings. The molecule has 1 aromatic carbocycles. The van der Waals surface area contributed by atoms with E-state index in [1.54, 1.807) is 12.1 Å². The zero-order valence-corrected chi connectivity index (χ0v) is 9.34. The van der Waals surface area contributed by atoms with Crippen LogP contribution in [0.5, 0.6) is 0 Å². The van der Waals surface area contributed by atoms with Gasteiger partial charge >= 0.3 is 0 Å². The summed E-state index contributed by atoms with van der Waals surface area (Å²) in [7, 11) is 0. The van der Waals surface area contributed by atoms with Gasteiger partial charge in [-0.3, -0.25) is 4.79 Å². The average molecular weight is 260 g/mol. The van der Waals surface area contributed by atoms with Crippen LogP contribution < -0.4 is 5.32 Å². The van der Waals surface area contributed by atoms with Gasteiger partial charge in [0.25, 0.3) is 0 Å². The maximum Gasteiger partial charge on any atom is 0.231 e. The van der Waals surface area contributed by atoms with E-state index in [9.17, 15) is 9.18 Å². The molecule has 1 amide bonds. The van der Waals surface area contributed by atoms with Gasteiger partial charge in [-0.15, -0.1) is 0 Å². The summed E-state index contributed by atoms with van der Waals surface area (Å²) in [6, 6.07) is 5.99. The minimum atomic E-state index is -0.271. The highest BCUT2D eigenvalue weighted by atomic mass is 79.9. The fourth-order valence-corrected chi connectivity index (χ4v) is 1.28. The number of halogens is 2. The molecule has 0 bridgehead atoms. The summed E-state index contributed by atoms with van der Waals surface area (Å²) in [6.07, 6.45) is 0. The molecule has 0 heterocycles. The van der Waals surface area contributed by atoms with E-state index in [1.807, 2.05) is 6.92 Å². The lowest BCUT2D eigenvalue weighted by Crippen LogP contribution is -2.27. The van der Waals surface area contributed by atoms with Gasteiger partial charge in [-0.2, -0.15) is 0 Å². The van der Waals surface area contributed by atoms with E-state index in [0.717, 1.165) is 5.56 Å². The molecule has 2 nitrogen and oxygen atoms in total. The van der Waals surface area contributed by atoms with Crippen molar-refractivity contribution in [3.8, 4) is 0 Å². The third-order valence-corrected chi connectivity index (χ3v) is 2.38. The minimum Gasteiger partial charge on any atom is -0.349 e. The van der Waals surface area contributed by atoms with Crippen molar-refractivity contribution in [1.29, 1.82) is 0 Å². The van der Waals surface area contributed by atoms with Crippen molar-refractivity contribution in [2.75, 3.05) is 5.33 Å². The average Bonchev–Trinajstić information content (AvgIpc) is 2.18. The highest BCUT2D eigenvalue weighted by molar-refractivity contribution is 9.09. The van der Waals surface area contributed by atoms with Gasteiger partial charge in [0.1, 0.15) is 5.82 Å². The Bertz CT molecular complexity index is 312. The summed E-state index contributed by atoms with van der Waals surface area (Å²) in [6.45, 7) is 1.85. The third kappa shape index (κ3) is 3.10. The van der Waals surface area contributed by atoms with Crippen molar-refractivity contribution in [3.63, 3.8) is 0 Å². The standard InChI is InChI=1S/C10H11BrFNO/c1-7(13-10(14)6-11)8-2-4-9(12)5-3-8/h2-5,7H,6H2,1H3,(H,13,14). The molecule has 0 aliphatic carbocycles. The van der Waals surface area contributed by atoms with Crippen molar-refractivity contribution in [3.05, 3.63) is 35.6 Å². The summed E-state index contributed by atoms with van der Waals surface area (Å²) in [4.78, 5) is 11.0. The van der Waals surface area contributed by atoms with Crippen molar-refractivity contribution in [2.24, 2.45) is 0 Å². The second-order valence-electron chi connectivity index (χ2n) is 2.97. The van der Waals surface area contributed by atoms with E-state index < -0.39 is 0 Å². The first kappa shape index (κ1) is 11.2. The molecule has 0 radical (unpaired) electrons. The molecule has 1 N–H and O–H groups in total. The smallest absolute Gasteiger partial charge is 0.231 e. The third-order valence-electron chi connectivity index (χ3n) is 1.87. The van der Waals surface area contributed by atoms with Gasteiger partial charge in [0.05, 0.1) is 11.4 Å². The maximum atomic E-state index is 12.6. The molecule has 1 rings (SSSR count). The van der Waals surface area contributed by atoms with Crippen LogP contribution in [0.25, 0.3) is 0 Å². The van der Waals surface area contributed by atoms with Crippen LogP contribution in [0.2, 0.25) is 0 Å². The zero-order valence-electron chi connectivity index (χ0n) is 7.76. The largest absolute Gasteiger partial charge is 0.349 e. The van der Waals surface area contributed by atoms with Crippen LogP contribution in [-0.4, -0.2) is 11.2 Å². The van der Waals surface area contributed by atoms with E-state index in [1.165, 1.54) is 12.1 Å². The molecule has 76 valence electrons. The second-order valence-corrected chi connectivity index (χ2v) is 3.54. The molecule has 4 heteroatoms. The first-order valence-corrected chi connectivity index (χ1v) is 5.36. The Hall–Kier alpha value is -0.900. The highest BCUT2D eigenvalue weighted by Crippen LogP contribution is 2.12. The van der Waals surface area contributed by atoms with Gasteiger partial charge < -0.3 is 5.32 Å².